The quantitative estimate of drug-likeness (QED) is 0.869. The van der Waals surface area contributed by atoms with Gasteiger partial charge in [0.05, 0.1) is 6.10 Å². The van der Waals surface area contributed by atoms with Gasteiger partial charge in [0.1, 0.15) is 11.6 Å². The normalized spacial score (nSPS) is 10.6. The molecule has 4 nitrogen and oxygen atoms in total. The highest BCUT2D eigenvalue weighted by Crippen LogP contribution is 2.22. The minimum Gasteiger partial charge on any atom is -0.491 e. The molecule has 0 saturated carbocycles. The highest BCUT2D eigenvalue weighted by molar-refractivity contribution is 5.59. The Kier molecular flexibility index (Phi) is 4.93. The number of nitrogens with zero attached hydrogens (tertiary/aromatic N) is 2. The standard InChI is InChI=1S/C16H21N3O/c1-4-9-17-15-8-10-18-16(19-15)13-6-5-7-14(11-13)20-12(2)3/h5-8,10-12H,4,9H2,1-3H3,(H,17,18,19). The summed E-state index contributed by atoms with van der Waals surface area (Å²) < 4.78 is 5.70. The lowest BCUT2D eigenvalue weighted by atomic mass is 10.2. The number of benzene rings is 1. The van der Waals surface area contributed by atoms with Crippen molar-refractivity contribution in [1.82, 2.24) is 9.97 Å². The van der Waals surface area contributed by atoms with Crippen molar-refractivity contribution >= 4 is 5.82 Å². The predicted octanol–water partition coefficient (Wildman–Crippen LogP) is 3.75. The Morgan fingerprint density at radius 3 is 2.85 bits per heavy atom. The van der Waals surface area contributed by atoms with Gasteiger partial charge in [-0.15, -0.1) is 0 Å². The van der Waals surface area contributed by atoms with E-state index in [-0.39, 0.29) is 6.10 Å². The topological polar surface area (TPSA) is 47.0 Å². The highest BCUT2D eigenvalue weighted by atomic mass is 16.5. The summed E-state index contributed by atoms with van der Waals surface area (Å²) in [6.45, 7) is 7.06. The van der Waals surface area contributed by atoms with Crippen molar-refractivity contribution in [1.29, 1.82) is 0 Å². The number of aromatic nitrogens is 2. The van der Waals surface area contributed by atoms with Gasteiger partial charge < -0.3 is 10.1 Å². The number of nitrogens with one attached hydrogen (secondary N) is 1. The van der Waals surface area contributed by atoms with E-state index in [2.05, 4.69) is 22.2 Å². The van der Waals surface area contributed by atoms with Gasteiger partial charge in [0.15, 0.2) is 5.82 Å². The molecule has 0 unspecified atom stereocenters. The average molecular weight is 271 g/mol. The molecule has 0 saturated heterocycles. The van der Waals surface area contributed by atoms with Crippen LogP contribution < -0.4 is 10.1 Å². The zero-order valence-corrected chi connectivity index (χ0v) is 12.3. The molecule has 20 heavy (non-hydrogen) atoms. The third kappa shape index (κ3) is 3.95. The van der Waals surface area contributed by atoms with Crippen LogP contribution in [0.5, 0.6) is 5.75 Å². The molecule has 0 bridgehead atoms. The van der Waals surface area contributed by atoms with Crippen molar-refractivity contribution in [2.45, 2.75) is 33.3 Å². The first kappa shape index (κ1) is 14.3. The number of rotatable bonds is 6. The fraction of sp³-hybridized carbons (Fsp3) is 0.375. The molecule has 1 aromatic carbocycles. The van der Waals surface area contributed by atoms with Crippen molar-refractivity contribution in [3.05, 3.63) is 36.5 Å². The summed E-state index contributed by atoms with van der Waals surface area (Å²) in [5.74, 6) is 2.40. The van der Waals surface area contributed by atoms with Gasteiger partial charge >= 0.3 is 0 Å². The Morgan fingerprint density at radius 2 is 2.10 bits per heavy atom. The largest absolute Gasteiger partial charge is 0.491 e. The van der Waals surface area contributed by atoms with Gasteiger partial charge in [-0.05, 0) is 38.5 Å². The van der Waals surface area contributed by atoms with Crippen LogP contribution in [0.4, 0.5) is 5.82 Å². The van der Waals surface area contributed by atoms with E-state index >= 15 is 0 Å². The maximum Gasteiger partial charge on any atom is 0.161 e. The first-order valence-electron chi connectivity index (χ1n) is 7.03. The lowest BCUT2D eigenvalue weighted by Crippen LogP contribution is -2.05. The van der Waals surface area contributed by atoms with Crippen molar-refractivity contribution in [3.63, 3.8) is 0 Å². The molecule has 4 heteroatoms. The van der Waals surface area contributed by atoms with Crippen LogP contribution in [0.2, 0.25) is 0 Å². The van der Waals surface area contributed by atoms with E-state index in [4.69, 9.17) is 4.74 Å². The van der Waals surface area contributed by atoms with Gasteiger partial charge in [0.25, 0.3) is 0 Å². The molecular weight excluding hydrogens is 250 g/mol. The van der Waals surface area contributed by atoms with Crippen LogP contribution in [0.3, 0.4) is 0 Å². The molecule has 0 aliphatic rings. The third-order valence-electron chi connectivity index (χ3n) is 2.68. The van der Waals surface area contributed by atoms with Crippen molar-refractivity contribution in [2.75, 3.05) is 11.9 Å². The van der Waals surface area contributed by atoms with Crippen LogP contribution in [0.25, 0.3) is 11.4 Å². The minimum atomic E-state index is 0.156. The molecule has 0 amide bonds. The zero-order chi connectivity index (χ0) is 14.4. The Labute approximate surface area is 120 Å². The van der Waals surface area contributed by atoms with Crippen LogP contribution in [0.15, 0.2) is 36.5 Å². The van der Waals surface area contributed by atoms with Crippen LogP contribution >= 0.6 is 0 Å². The van der Waals surface area contributed by atoms with Crippen molar-refractivity contribution < 1.29 is 4.74 Å². The maximum atomic E-state index is 5.70. The lowest BCUT2D eigenvalue weighted by molar-refractivity contribution is 0.242. The second kappa shape index (κ2) is 6.89. The van der Waals surface area contributed by atoms with Crippen molar-refractivity contribution in [3.8, 4) is 17.1 Å². The third-order valence-corrected chi connectivity index (χ3v) is 2.68. The fourth-order valence-corrected chi connectivity index (χ4v) is 1.83. The van der Waals surface area contributed by atoms with E-state index < -0.39 is 0 Å². The van der Waals surface area contributed by atoms with E-state index in [0.717, 1.165) is 30.1 Å². The SMILES string of the molecule is CCCNc1ccnc(-c2cccc(OC(C)C)c2)n1. The summed E-state index contributed by atoms with van der Waals surface area (Å²) in [4.78, 5) is 8.85. The Hall–Kier alpha value is -2.10. The summed E-state index contributed by atoms with van der Waals surface area (Å²) in [5, 5.41) is 3.27. The zero-order valence-electron chi connectivity index (χ0n) is 12.3. The molecule has 0 spiro atoms. The van der Waals surface area contributed by atoms with Gasteiger partial charge in [-0.2, -0.15) is 0 Å². The number of anilines is 1. The molecule has 0 aliphatic heterocycles. The molecular formula is C16H21N3O. The summed E-state index contributed by atoms with van der Waals surface area (Å²) >= 11 is 0. The Morgan fingerprint density at radius 1 is 1.25 bits per heavy atom. The van der Waals surface area contributed by atoms with E-state index in [1.54, 1.807) is 6.20 Å². The van der Waals surface area contributed by atoms with Gasteiger partial charge in [-0.3, -0.25) is 0 Å². The molecule has 106 valence electrons. The van der Waals surface area contributed by atoms with E-state index in [1.165, 1.54) is 0 Å². The van der Waals surface area contributed by atoms with Gasteiger partial charge in [0, 0.05) is 18.3 Å². The fourth-order valence-electron chi connectivity index (χ4n) is 1.83. The lowest BCUT2D eigenvalue weighted by Gasteiger charge is -2.11. The van der Waals surface area contributed by atoms with E-state index in [9.17, 15) is 0 Å². The average Bonchev–Trinajstić information content (AvgIpc) is 2.45. The molecule has 1 aromatic heterocycles. The molecule has 1 heterocycles. The second-order valence-corrected chi connectivity index (χ2v) is 4.89. The predicted molar refractivity (Wildman–Crippen MR) is 82.0 cm³/mol. The molecule has 1 N–H and O–H groups in total. The minimum absolute atomic E-state index is 0.156. The smallest absolute Gasteiger partial charge is 0.161 e. The van der Waals surface area contributed by atoms with Crippen molar-refractivity contribution in [2.24, 2.45) is 0 Å². The first-order valence-corrected chi connectivity index (χ1v) is 7.03. The van der Waals surface area contributed by atoms with Crippen LogP contribution in [-0.2, 0) is 0 Å². The molecule has 0 atom stereocenters. The summed E-state index contributed by atoms with van der Waals surface area (Å²) in [5.41, 5.74) is 0.961. The van der Waals surface area contributed by atoms with Crippen LogP contribution in [0.1, 0.15) is 27.2 Å². The number of ether oxygens (including phenoxy) is 1. The number of hydrogen-bond acceptors (Lipinski definition) is 4. The number of hydrogen-bond donors (Lipinski definition) is 1. The second-order valence-electron chi connectivity index (χ2n) is 4.89. The maximum absolute atomic E-state index is 5.70. The highest BCUT2D eigenvalue weighted by Gasteiger charge is 2.05. The molecule has 2 aromatic rings. The van der Waals surface area contributed by atoms with E-state index in [0.29, 0.717) is 5.82 Å². The summed E-state index contributed by atoms with van der Waals surface area (Å²) in [7, 11) is 0. The van der Waals surface area contributed by atoms with Gasteiger partial charge in [-0.25, -0.2) is 9.97 Å². The molecule has 0 aliphatic carbocycles. The monoisotopic (exact) mass is 271 g/mol. The van der Waals surface area contributed by atoms with Gasteiger partial charge in [-0.1, -0.05) is 19.1 Å². The first-order chi connectivity index (χ1) is 9.69. The molecule has 0 radical (unpaired) electrons. The molecule has 2 rings (SSSR count). The van der Waals surface area contributed by atoms with Crippen LogP contribution in [-0.4, -0.2) is 22.6 Å². The van der Waals surface area contributed by atoms with Crippen LogP contribution in [0, 0.1) is 0 Å². The summed E-state index contributed by atoms with van der Waals surface area (Å²) in [6, 6.07) is 9.75. The van der Waals surface area contributed by atoms with Gasteiger partial charge in [0.2, 0.25) is 0 Å². The molecule has 0 fully saturated rings. The van der Waals surface area contributed by atoms with E-state index in [1.807, 2.05) is 44.2 Å². The summed E-state index contributed by atoms with van der Waals surface area (Å²) in [6.07, 6.45) is 3.00. The Bertz CT molecular complexity index is 555. The Balaban J connectivity index is 2.22.